The maximum atomic E-state index is 8.76. The van der Waals surface area contributed by atoms with Crippen LogP contribution in [0.1, 0.15) is 22.4 Å². The summed E-state index contributed by atoms with van der Waals surface area (Å²) in [7, 11) is 0. The van der Waals surface area contributed by atoms with Crippen LogP contribution in [-0.2, 0) is 6.54 Å². The fraction of sp³-hybridized carbons (Fsp3) is 0.214. The van der Waals surface area contributed by atoms with Gasteiger partial charge in [-0.15, -0.1) is 0 Å². The van der Waals surface area contributed by atoms with E-state index in [1.54, 1.807) is 0 Å². The summed E-state index contributed by atoms with van der Waals surface area (Å²) >= 11 is 0. The zero-order valence-electron chi connectivity index (χ0n) is 10.6. The Labute approximate surface area is 106 Å². The van der Waals surface area contributed by atoms with Crippen LogP contribution in [0.5, 0.6) is 0 Å². The highest BCUT2D eigenvalue weighted by Gasteiger charge is 2.08. The number of hydrogen-bond acceptors (Lipinski definition) is 2. The molecule has 0 saturated carbocycles. The lowest BCUT2D eigenvalue weighted by Gasteiger charge is -2.13. The van der Waals surface area contributed by atoms with Gasteiger partial charge in [-0.25, -0.2) is 0 Å². The highest BCUT2D eigenvalue weighted by atomic mass is 16.4. The second-order valence-electron chi connectivity index (χ2n) is 4.38. The number of oxime groups is 1. The number of hydrogen-bond donors (Lipinski definition) is 2. The third-order valence-corrected chi connectivity index (χ3v) is 3.17. The third kappa shape index (κ3) is 2.22. The average Bonchev–Trinajstić information content (AvgIpc) is 2.81. The van der Waals surface area contributed by atoms with Gasteiger partial charge in [0.2, 0.25) is 0 Å². The van der Waals surface area contributed by atoms with Gasteiger partial charge in [-0.2, -0.15) is 0 Å². The van der Waals surface area contributed by atoms with E-state index in [0.717, 1.165) is 12.2 Å². The summed E-state index contributed by atoms with van der Waals surface area (Å²) in [4.78, 5) is 0. The number of rotatable bonds is 3. The smallest absolute Gasteiger partial charge is 0.186 e. The number of aromatic nitrogens is 1. The molecule has 0 aliphatic carbocycles. The van der Waals surface area contributed by atoms with Crippen molar-refractivity contribution in [1.29, 1.82) is 0 Å². The minimum absolute atomic E-state index is 0.131. The van der Waals surface area contributed by atoms with E-state index in [1.807, 2.05) is 29.0 Å². The van der Waals surface area contributed by atoms with E-state index in [2.05, 4.69) is 31.1 Å². The molecule has 1 aromatic heterocycles. The second kappa shape index (κ2) is 4.96. The fourth-order valence-corrected chi connectivity index (χ4v) is 2.10. The Hall–Kier alpha value is -2.23. The van der Waals surface area contributed by atoms with Crippen molar-refractivity contribution < 1.29 is 5.21 Å². The zero-order valence-corrected chi connectivity index (χ0v) is 10.6. The summed E-state index contributed by atoms with van der Waals surface area (Å²) in [6.45, 7) is 4.90. The van der Waals surface area contributed by atoms with Gasteiger partial charge >= 0.3 is 0 Å². The van der Waals surface area contributed by atoms with Crippen molar-refractivity contribution in [2.24, 2.45) is 10.9 Å². The van der Waals surface area contributed by atoms with E-state index in [0.29, 0.717) is 0 Å². The van der Waals surface area contributed by atoms with Crippen LogP contribution in [0.15, 0.2) is 41.7 Å². The van der Waals surface area contributed by atoms with Gasteiger partial charge in [0.25, 0.3) is 0 Å². The summed E-state index contributed by atoms with van der Waals surface area (Å²) in [5.41, 5.74) is 10.1. The molecule has 0 radical (unpaired) electrons. The SMILES string of the molecule is Cc1cccc(C)c1Cn1cccc1/C(N)=N/O. The average molecular weight is 243 g/mol. The number of benzene rings is 1. The van der Waals surface area contributed by atoms with Gasteiger partial charge in [-0.1, -0.05) is 23.4 Å². The van der Waals surface area contributed by atoms with Crippen molar-refractivity contribution in [3.63, 3.8) is 0 Å². The van der Waals surface area contributed by atoms with Crippen molar-refractivity contribution in [3.8, 4) is 0 Å². The van der Waals surface area contributed by atoms with Gasteiger partial charge < -0.3 is 15.5 Å². The number of nitrogens with zero attached hydrogens (tertiary/aromatic N) is 2. The maximum Gasteiger partial charge on any atom is 0.186 e. The quantitative estimate of drug-likeness (QED) is 0.376. The first kappa shape index (κ1) is 12.2. The van der Waals surface area contributed by atoms with E-state index in [1.165, 1.54) is 16.7 Å². The van der Waals surface area contributed by atoms with E-state index in [9.17, 15) is 0 Å². The monoisotopic (exact) mass is 243 g/mol. The molecule has 0 amide bonds. The predicted molar refractivity (Wildman–Crippen MR) is 72.0 cm³/mol. The molecule has 94 valence electrons. The third-order valence-electron chi connectivity index (χ3n) is 3.17. The molecule has 0 unspecified atom stereocenters. The molecular weight excluding hydrogens is 226 g/mol. The standard InChI is InChI=1S/C14H17N3O/c1-10-5-3-6-11(2)12(10)9-17-8-4-7-13(17)14(15)16-18/h3-8,18H,9H2,1-2H3,(H2,15,16). The van der Waals surface area contributed by atoms with Gasteiger partial charge in [0.15, 0.2) is 5.84 Å². The lowest BCUT2D eigenvalue weighted by Crippen LogP contribution is -2.19. The molecule has 3 N–H and O–H groups in total. The van der Waals surface area contributed by atoms with Crippen LogP contribution in [0, 0.1) is 13.8 Å². The normalized spacial score (nSPS) is 11.8. The first-order chi connectivity index (χ1) is 8.63. The van der Waals surface area contributed by atoms with Crippen LogP contribution in [0.3, 0.4) is 0 Å². The number of aryl methyl sites for hydroxylation is 2. The molecule has 2 aromatic rings. The molecule has 0 bridgehead atoms. The topological polar surface area (TPSA) is 63.5 Å². The molecular formula is C14H17N3O. The molecule has 1 heterocycles. The molecule has 2 rings (SSSR count). The number of nitrogens with two attached hydrogens (primary N) is 1. The van der Waals surface area contributed by atoms with Crippen LogP contribution in [0.2, 0.25) is 0 Å². The first-order valence-corrected chi connectivity index (χ1v) is 5.81. The van der Waals surface area contributed by atoms with Gasteiger partial charge in [0.1, 0.15) is 0 Å². The maximum absolute atomic E-state index is 8.76. The highest BCUT2D eigenvalue weighted by Crippen LogP contribution is 2.16. The Morgan fingerprint density at radius 2 is 1.89 bits per heavy atom. The van der Waals surface area contributed by atoms with Crippen LogP contribution in [0.25, 0.3) is 0 Å². The van der Waals surface area contributed by atoms with Crippen LogP contribution < -0.4 is 5.73 Å². The molecule has 0 fully saturated rings. The van der Waals surface area contributed by atoms with Crippen molar-refractivity contribution >= 4 is 5.84 Å². The highest BCUT2D eigenvalue weighted by molar-refractivity contribution is 5.95. The van der Waals surface area contributed by atoms with E-state index in [4.69, 9.17) is 10.9 Å². The molecule has 4 heteroatoms. The molecule has 0 saturated heterocycles. The Balaban J connectivity index is 2.38. The first-order valence-electron chi connectivity index (χ1n) is 5.81. The molecule has 18 heavy (non-hydrogen) atoms. The van der Waals surface area contributed by atoms with Crippen molar-refractivity contribution in [2.45, 2.75) is 20.4 Å². The Morgan fingerprint density at radius 3 is 2.50 bits per heavy atom. The van der Waals surface area contributed by atoms with Gasteiger partial charge in [-0.05, 0) is 42.7 Å². The predicted octanol–water partition coefficient (Wildman–Crippen LogP) is 2.25. The Kier molecular flexibility index (Phi) is 3.37. The zero-order chi connectivity index (χ0) is 13.1. The van der Waals surface area contributed by atoms with Gasteiger partial charge in [-0.3, -0.25) is 0 Å². The molecule has 0 atom stereocenters. The summed E-state index contributed by atoms with van der Waals surface area (Å²) < 4.78 is 1.98. The summed E-state index contributed by atoms with van der Waals surface area (Å²) in [5, 5.41) is 11.8. The lowest BCUT2D eigenvalue weighted by atomic mass is 10.0. The van der Waals surface area contributed by atoms with E-state index in [-0.39, 0.29) is 5.84 Å². The number of amidine groups is 1. The minimum Gasteiger partial charge on any atom is -0.409 e. The van der Waals surface area contributed by atoms with Crippen molar-refractivity contribution in [1.82, 2.24) is 4.57 Å². The Bertz CT molecular complexity index is 564. The molecule has 0 aliphatic rings. The Morgan fingerprint density at radius 1 is 1.22 bits per heavy atom. The summed E-state index contributed by atoms with van der Waals surface area (Å²) in [6.07, 6.45) is 1.93. The molecule has 0 aliphatic heterocycles. The van der Waals surface area contributed by atoms with Crippen molar-refractivity contribution in [2.75, 3.05) is 0 Å². The van der Waals surface area contributed by atoms with E-state index < -0.39 is 0 Å². The van der Waals surface area contributed by atoms with Crippen molar-refractivity contribution in [3.05, 3.63) is 58.9 Å². The van der Waals surface area contributed by atoms with Gasteiger partial charge in [0.05, 0.1) is 5.69 Å². The van der Waals surface area contributed by atoms with Crippen LogP contribution in [0.4, 0.5) is 0 Å². The van der Waals surface area contributed by atoms with Crippen LogP contribution in [-0.4, -0.2) is 15.6 Å². The summed E-state index contributed by atoms with van der Waals surface area (Å²) in [5.74, 6) is 0.131. The minimum atomic E-state index is 0.131. The molecule has 4 nitrogen and oxygen atoms in total. The summed E-state index contributed by atoms with van der Waals surface area (Å²) in [6, 6.07) is 9.96. The fourth-order valence-electron chi connectivity index (χ4n) is 2.10. The largest absolute Gasteiger partial charge is 0.409 e. The second-order valence-corrected chi connectivity index (χ2v) is 4.38. The molecule has 0 spiro atoms. The van der Waals surface area contributed by atoms with Crippen LogP contribution >= 0.6 is 0 Å². The molecule has 1 aromatic carbocycles. The lowest BCUT2D eigenvalue weighted by molar-refractivity contribution is 0.318. The van der Waals surface area contributed by atoms with Gasteiger partial charge in [0, 0.05) is 12.7 Å². The van der Waals surface area contributed by atoms with E-state index >= 15 is 0 Å².